The fourth-order valence-electron chi connectivity index (χ4n) is 2.02. The van der Waals surface area contributed by atoms with Gasteiger partial charge in [0.2, 0.25) is 0 Å². The first-order chi connectivity index (χ1) is 11.8. The fraction of sp³-hybridized carbons (Fsp3) is 0.133. The molecule has 0 aliphatic rings. The lowest BCUT2D eigenvalue weighted by atomic mass is 10.2. The molecule has 0 saturated heterocycles. The Kier molecular flexibility index (Phi) is 4.49. The first kappa shape index (κ1) is 17.0. The maximum Gasteiger partial charge on any atom is 0.417 e. The molecule has 2 N–H and O–H groups in total. The van der Waals surface area contributed by atoms with Gasteiger partial charge in [0.1, 0.15) is 23.7 Å². The van der Waals surface area contributed by atoms with Crippen LogP contribution < -0.4 is 10.6 Å². The molecule has 0 bridgehead atoms. The topological polar surface area (TPSA) is 75.9 Å². The summed E-state index contributed by atoms with van der Waals surface area (Å²) in [5.41, 5.74) is -0.733. The fourth-order valence-corrected chi connectivity index (χ4v) is 2.24. The first-order valence-electron chi connectivity index (χ1n) is 6.97. The van der Waals surface area contributed by atoms with Crippen molar-refractivity contribution in [1.82, 2.24) is 15.1 Å². The van der Waals surface area contributed by atoms with Gasteiger partial charge in [-0.2, -0.15) is 13.2 Å². The van der Waals surface area contributed by atoms with Gasteiger partial charge in [-0.3, -0.25) is 0 Å². The van der Waals surface area contributed by atoms with Crippen LogP contribution >= 0.6 is 11.6 Å². The molecule has 6 nitrogen and oxygen atoms in total. The van der Waals surface area contributed by atoms with E-state index in [-0.39, 0.29) is 10.7 Å². The first-order valence-corrected chi connectivity index (χ1v) is 7.35. The minimum absolute atomic E-state index is 0.193. The molecule has 2 aromatic heterocycles. The summed E-state index contributed by atoms with van der Waals surface area (Å²) in [6.45, 7) is 1.74. The molecule has 3 rings (SSSR count). The zero-order valence-electron chi connectivity index (χ0n) is 12.7. The lowest BCUT2D eigenvalue weighted by Crippen LogP contribution is -2.07. The van der Waals surface area contributed by atoms with E-state index < -0.39 is 11.7 Å². The highest BCUT2D eigenvalue weighted by Gasteiger charge is 2.33. The van der Waals surface area contributed by atoms with E-state index in [0.717, 1.165) is 6.07 Å². The third-order valence-electron chi connectivity index (χ3n) is 3.10. The Morgan fingerprint density at radius 3 is 2.36 bits per heavy atom. The minimum atomic E-state index is -4.54. The average molecular weight is 370 g/mol. The van der Waals surface area contributed by atoms with Crippen molar-refractivity contribution >= 4 is 34.7 Å². The van der Waals surface area contributed by atoms with Gasteiger partial charge >= 0.3 is 6.18 Å². The van der Waals surface area contributed by atoms with Crippen molar-refractivity contribution in [1.29, 1.82) is 0 Å². The highest BCUT2D eigenvalue weighted by Crippen LogP contribution is 2.36. The molecule has 0 atom stereocenters. The molecule has 2 heterocycles. The Hall–Kier alpha value is -2.81. The summed E-state index contributed by atoms with van der Waals surface area (Å²) >= 11 is 5.60. The number of nitrogens with one attached hydrogen (secondary N) is 2. The number of rotatable bonds is 4. The summed E-state index contributed by atoms with van der Waals surface area (Å²) in [5, 5.41) is 9.08. The summed E-state index contributed by atoms with van der Waals surface area (Å²) < 4.78 is 43.7. The van der Waals surface area contributed by atoms with E-state index in [4.69, 9.17) is 16.1 Å². The quantitative estimate of drug-likeness (QED) is 0.679. The molecule has 0 fully saturated rings. The second-order valence-corrected chi connectivity index (χ2v) is 5.46. The predicted molar refractivity (Wildman–Crippen MR) is 86.3 cm³/mol. The molecule has 1 aromatic carbocycles. The Labute approximate surface area is 145 Å². The van der Waals surface area contributed by atoms with Crippen LogP contribution in [0.25, 0.3) is 0 Å². The van der Waals surface area contributed by atoms with Gasteiger partial charge in [0.05, 0.1) is 10.6 Å². The number of anilines is 4. The molecule has 0 spiro atoms. The van der Waals surface area contributed by atoms with Gasteiger partial charge < -0.3 is 15.2 Å². The van der Waals surface area contributed by atoms with Crippen molar-refractivity contribution in [2.75, 3.05) is 10.6 Å². The van der Waals surface area contributed by atoms with E-state index in [9.17, 15) is 13.2 Å². The lowest BCUT2D eigenvalue weighted by molar-refractivity contribution is -0.137. The summed E-state index contributed by atoms with van der Waals surface area (Å²) in [6, 6.07) is 6.70. The van der Waals surface area contributed by atoms with Crippen LogP contribution in [0, 0.1) is 6.92 Å². The molecule has 10 heteroatoms. The lowest BCUT2D eigenvalue weighted by Gasteiger charge is -2.12. The zero-order chi connectivity index (χ0) is 18.0. The largest absolute Gasteiger partial charge is 0.417 e. The van der Waals surface area contributed by atoms with Crippen LogP contribution in [0.15, 0.2) is 41.2 Å². The van der Waals surface area contributed by atoms with Crippen LogP contribution in [0.2, 0.25) is 5.02 Å². The predicted octanol–water partition coefficient (Wildman–Crippen LogP) is 4.93. The van der Waals surface area contributed by atoms with Gasteiger partial charge in [-0.15, -0.1) is 0 Å². The number of aryl methyl sites for hydroxylation is 1. The second kappa shape index (κ2) is 6.60. The number of halogens is 4. The SMILES string of the molecule is Cc1cc(Nc2cc(Nc3ccc(Cl)c(C(F)(F)F)c3)ncn2)no1. The third-order valence-corrected chi connectivity index (χ3v) is 3.42. The molecule has 0 aliphatic carbocycles. The number of benzene rings is 1. The van der Waals surface area contributed by atoms with Crippen molar-refractivity contribution < 1.29 is 17.7 Å². The smallest absolute Gasteiger partial charge is 0.360 e. The molecular formula is C15H11ClF3N5O. The van der Waals surface area contributed by atoms with E-state index in [1.54, 1.807) is 13.0 Å². The van der Waals surface area contributed by atoms with Crippen molar-refractivity contribution in [2.45, 2.75) is 13.1 Å². The maximum absolute atomic E-state index is 12.9. The van der Waals surface area contributed by atoms with Crippen LogP contribution in [-0.4, -0.2) is 15.1 Å². The number of hydrogen-bond acceptors (Lipinski definition) is 6. The van der Waals surface area contributed by atoms with Crippen LogP contribution in [0.4, 0.5) is 36.3 Å². The monoisotopic (exact) mass is 369 g/mol. The van der Waals surface area contributed by atoms with Gasteiger partial charge in [0.15, 0.2) is 5.82 Å². The van der Waals surface area contributed by atoms with E-state index >= 15 is 0 Å². The molecule has 0 unspecified atom stereocenters. The number of hydrogen-bond donors (Lipinski definition) is 2. The summed E-state index contributed by atoms with van der Waals surface area (Å²) in [6.07, 6.45) is -3.28. The van der Waals surface area contributed by atoms with Gasteiger partial charge in [-0.1, -0.05) is 16.8 Å². The Morgan fingerprint density at radius 1 is 1.00 bits per heavy atom. The minimum Gasteiger partial charge on any atom is -0.360 e. The van der Waals surface area contributed by atoms with Crippen LogP contribution in [0.1, 0.15) is 11.3 Å². The molecule has 3 aromatic rings. The summed E-state index contributed by atoms with van der Waals surface area (Å²) in [5.74, 6) is 1.77. The Balaban J connectivity index is 1.80. The third kappa shape index (κ3) is 4.18. The molecule has 0 radical (unpaired) electrons. The molecular weight excluding hydrogens is 359 g/mol. The van der Waals surface area contributed by atoms with Crippen LogP contribution in [-0.2, 0) is 6.18 Å². The molecule has 0 saturated carbocycles. The standard InChI is InChI=1S/C15H11ClF3N5O/c1-8-4-14(24-25-8)23-13-6-12(20-7-21-13)22-9-2-3-11(16)10(5-9)15(17,18)19/h2-7H,1H3,(H2,20,21,22,23,24). The Morgan fingerprint density at radius 2 is 1.72 bits per heavy atom. The highest BCUT2D eigenvalue weighted by atomic mass is 35.5. The van der Waals surface area contributed by atoms with Crippen molar-refractivity contribution in [3.05, 3.63) is 53.0 Å². The van der Waals surface area contributed by atoms with Crippen LogP contribution in [0.3, 0.4) is 0 Å². The van der Waals surface area contributed by atoms with Crippen molar-refractivity contribution in [3.8, 4) is 0 Å². The van der Waals surface area contributed by atoms with Gasteiger partial charge in [-0.25, -0.2) is 9.97 Å². The molecule has 130 valence electrons. The molecule has 25 heavy (non-hydrogen) atoms. The molecule has 0 aliphatic heterocycles. The van der Waals surface area contributed by atoms with Gasteiger partial charge in [0.25, 0.3) is 0 Å². The second-order valence-electron chi connectivity index (χ2n) is 5.05. The van der Waals surface area contributed by atoms with Gasteiger partial charge in [-0.05, 0) is 25.1 Å². The van der Waals surface area contributed by atoms with E-state index in [2.05, 4.69) is 25.8 Å². The molecule has 0 amide bonds. The number of aromatic nitrogens is 3. The normalized spacial score (nSPS) is 11.4. The van der Waals surface area contributed by atoms with E-state index in [0.29, 0.717) is 23.2 Å². The number of nitrogens with zero attached hydrogens (tertiary/aromatic N) is 3. The van der Waals surface area contributed by atoms with Crippen LogP contribution in [0.5, 0.6) is 0 Å². The van der Waals surface area contributed by atoms with E-state index in [1.165, 1.54) is 24.5 Å². The highest BCUT2D eigenvalue weighted by molar-refractivity contribution is 6.31. The van der Waals surface area contributed by atoms with Crippen molar-refractivity contribution in [2.24, 2.45) is 0 Å². The Bertz CT molecular complexity index is 897. The van der Waals surface area contributed by atoms with Crippen molar-refractivity contribution in [3.63, 3.8) is 0 Å². The van der Waals surface area contributed by atoms with Gasteiger partial charge in [0, 0.05) is 17.8 Å². The number of alkyl halides is 3. The maximum atomic E-state index is 12.9. The van der Waals surface area contributed by atoms with E-state index in [1.807, 2.05) is 0 Å². The zero-order valence-corrected chi connectivity index (χ0v) is 13.5. The average Bonchev–Trinajstić information content (AvgIpc) is 2.93. The summed E-state index contributed by atoms with van der Waals surface area (Å²) in [4.78, 5) is 7.99. The summed E-state index contributed by atoms with van der Waals surface area (Å²) in [7, 11) is 0.